The number of aromatic amines is 2. The maximum atomic E-state index is 14.4. The standard InChI is InChI=1S/C23H15BrFN5O/c24-22-14(12-4-5-12)10-17-20(28-22)18(13-6-7-16(25)19-15(13)11-26-29-19)21(23(31)27-17)30-8-2-1-3-9-30/h1-3,6-12H,4-5H2,(H-,26,27,29,31)/p+1. The summed E-state index contributed by atoms with van der Waals surface area (Å²) in [7, 11) is 0. The van der Waals surface area contributed by atoms with Gasteiger partial charge in [-0.1, -0.05) is 12.1 Å². The van der Waals surface area contributed by atoms with E-state index >= 15 is 0 Å². The zero-order valence-corrected chi connectivity index (χ0v) is 17.8. The first-order valence-electron chi connectivity index (χ1n) is 9.97. The summed E-state index contributed by atoms with van der Waals surface area (Å²) in [6, 6.07) is 10.7. The van der Waals surface area contributed by atoms with Crippen molar-refractivity contribution in [1.82, 2.24) is 20.2 Å². The number of pyridine rings is 3. The lowest BCUT2D eigenvalue weighted by atomic mass is 9.98. The number of H-pyrrole nitrogens is 2. The Morgan fingerprint density at radius 2 is 1.97 bits per heavy atom. The number of aromatic nitrogens is 5. The number of hydrogen-bond acceptors (Lipinski definition) is 3. The van der Waals surface area contributed by atoms with Crippen LogP contribution >= 0.6 is 15.9 Å². The summed E-state index contributed by atoms with van der Waals surface area (Å²) >= 11 is 3.63. The van der Waals surface area contributed by atoms with Crippen LogP contribution in [0, 0.1) is 5.82 Å². The zero-order chi connectivity index (χ0) is 21.1. The lowest BCUT2D eigenvalue weighted by molar-refractivity contribution is -0.596. The Bertz CT molecular complexity index is 1540. The van der Waals surface area contributed by atoms with E-state index in [0.717, 1.165) is 23.0 Å². The van der Waals surface area contributed by atoms with Gasteiger partial charge < -0.3 is 4.98 Å². The number of rotatable bonds is 3. The van der Waals surface area contributed by atoms with Crippen molar-refractivity contribution >= 4 is 37.9 Å². The zero-order valence-electron chi connectivity index (χ0n) is 16.2. The average Bonchev–Trinajstić information content (AvgIpc) is 3.49. The van der Waals surface area contributed by atoms with Crippen molar-refractivity contribution in [3.8, 4) is 16.8 Å². The monoisotopic (exact) mass is 476 g/mol. The first kappa shape index (κ1) is 18.4. The van der Waals surface area contributed by atoms with E-state index in [0.29, 0.717) is 44.7 Å². The van der Waals surface area contributed by atoms with Crippen LogP contribution in [0.3, 0.4) is 0 Å². The molecule has 4 aromatic heterocycles. The van der Waals surface area contributed by atoms with Gasteiger partial charge in [0.15, 0.2) is 12.4 Å². The van der Waals surface area contributed by atoms with E-state index in [-0.39, 0.29) is 5.56 Å². The van der Waals surface area contributed by atoms with Crippen LogP contribution in [0.1, 0.15) is 24.3 Å². The topological polar surface area (TPSA) is 78.3 Å². The number of hydrogen-bond donors (Lipinski definition) is 2. The Balaban J connectivity index is 1.78. The first-order valence-corrected chi connectivity index (χ1v) is 10.8. The molecule has 0 radical (unpaired) electrons. The molecular formula is C23H16BrFN5O+. The van der Waals surface area contributed by atoms with Gasteiger partial charge in [0.1, 0.15) is 21.5 Å². The first-order chi connectivity index (χ1) is 15.1. The summed E-state index contributed by atoms with van der Waals surface area (Å²) in [5.74, 6) is 0.0669. The second-order valence-electron chi connectivity index (χ2n) is 7.75. The van der Waals surface area contributed by atoms with Crippen molar-refractivity contribution in [2.75, 3.05) is 0 Å². The molecule has 5 aromatic rings. The van der Waals surface area contributed by atoms with E-state index in [2.05, 4.69) is 31.1 Å². The molecule has 1 aliphatic rings. The van der Waals surface area contributed by atoms with Gasteiger partial charge in [-0.25, -0.2) is 9.37 Å². The van der Waals surface area contributed by atoms with Gasteiger partial charge in [-0.15, -0.1) is 0 Å². The average molecular weight is 477 g/mol. The molecule has 2 N–H and O–H groups in total. The molecule has 6 rings (SSSR count). The normalized spacial score (nSPS) is 13.9. The van der Waals surface area contributed by atoms with Crippen molar-refractivity contribution in [3.63, 3.8) is 0 Å². The Kier molecular flexibility index (Phi) is 4.04. The van der Waals surface area contributed by atoms with Crippen molar-refractivity contribution in [1.29, 1.82) is 0 Å². The molecule has 8 heteroatoms. The predicted octanol–water partition coefficient (Wildman–Crippen LogP) is 4.52. The van der Waals surface area contributed by atoms with Gasteiger partial charge in [0.05, 0.1) is 17.3 Å². The number of fused-ring (bicyclic) bond motifs is 2. The minimum absolute atomic E-state index is 0.245. The molecule has 0 amide bonds. The molecule has 0 unspecified atom stereocenters. The third-order valence-electron chi connectivity index (χ3n) is 5.76. The molecule has 0 saturated heterocycles. The number of nitrogens with one attached hydrogen (secondary N) is 2. The van der Waals surface area contributed by atoms with E-state index in [1.165, 1.54) is 6.07 Å². The van der Waals surface area contributed by atoms with Crippen LogP contribution in [0.5, 0.6) is 0 Å². The molecule has 1 fully saturated rings. The van der Waals surface area contributed by atoms with E-state index < -0.39 is 5.82 Å². The minimum Gasteiger partial charge on any atom is -0.315 e. The highest BCUT2D eigenvalue weighted by molar-refractivity contribution is 9.10. The fourth-order valence-electron chi connectivity index (χ4n) is 4.15. The molecule has 6 nitrogen and oxygen atoms in total. The summed E-state index contributed by atoms with van der Waals surface area (Å²) in [6.45, 7) is 0. The van der Waals surface area contributed by atoms with Crippen molar-refractivity contribution < 1.29 is 8.96 Å². The maximum absolute atomic E-state index is 14.4. The minimum atomic E-state index is -0.399. The summed E-state index contributed by atoms with van der Waals surface area (Å²) in [5, 5.41) is 7.34. The van der Waals surface area contributed by atoms with Crippen LogP contribution in [0.2, 0.25) is 0 Å². The molecular weight excluding hydrogens is 461 g/mol. The molecule has 1 aliphatic carbocycles. The predicted molar refractivity (Wildman–Crippen MR) is 119 cm³/mol. The molecule has 0 spiro atoms. The summed E-state index contributed by atoms with van der Waals surface area (Å²) in [5.41, 5.74) is 4.18. The van der Waals surface area contributed by atoms with Crippen LogP contribution in [-0.4, -0.2) is 20.2 Å². The molecule has 152 valence electrons. The number of halogens is 2. The maximum Gasteiger partial charge on any atom is 0.321 e. The van der Waals surface area contributed by atoms with E-state index in [4.69, 9.17) is 4.98 Å². The molecule has 0 bridgehead atoms. The van der Waals surface area contributed by atoms with Crippen LogP contribution in [0.25, 0.3) is 38.8 Å². The summed E-state index contributed by atoms with van der Waals surface area (Å²) < 4.78 is 16.9. The van der Waals surface area contributed by atoms with Gasteiger partial charge >= 0.3 is 5.56 Å². The Labute approximate surface area is 183 Å². The second-order valence-corrected chi connectivity index (χ2v) is 8.50. The SMILES string of the molecule is O=c1[nH]c2cc(C3CC3)c(Br)nc2c(-c2ccc(F)c3[nH]ncc23)c1-[n+]1ccccc1. The fourth-order valence-corrected chi connectivity index (χ4v) is 4.76. The van der Waals surface area contributed by atoms with Gasteiger partial charge in [-0.3, -0.25) is 9.89 Å². The van der Waals surface area contributed by atoms with Gasteiger partial charge in [0.2, 0.25) is 0 Å². The van der Waals surface area contributed by atoms with Gasteiger partial charge in [0.25, 0.3) is 5.69 Å². The van der Waals surface area contributed by atoms with Crippen molar-refractivity contribution in [2.24, 2.45) is 0 Å². The second kappa shape index (κ2) is 6.81. The molecule has 0 atom stereocenters. The van der Waals surface area contributed by atoms with Crippen molar-refractivity contribution in [3.05, 3.63) is 81.3 Å². The van der Waals surface area contributed by atoms with E-state index in [1.807, 2.05) is 36.7 Å². The molecule has 31 heavy (non-hydrogen) atoms. The Morgan fingerprint density at radius 3 is 2.74 bits per heavy atom. The highest BCUT2D eigenvalue weighted by Crippen LogP contribution is 2.44. The molecule has 1 aromatic carbocycles. The van der Waals surface area contributed by atoms with Gasteiger partial charge in [0, 0.05) is 23.1 Å². The third kappa shape index (κ3) is 2.90. The van der Waals surface area contributed by atoms with E-state index in [1.54, 1.807) is 16.8 Å². The lowest BCUT2D eigenvalue weighted by Crippen LogP contribution is -2.37. The Morgan fingerprint density at radius 1 is 1.16 bits per heavy atom. The van der Waals surface area contributed by atoms with Crippen LogP contribution in [0.4, 0.5) is 4.39 Å². The third-order valence-corrected chi connectivity index (χ3v) is 6.40. The van der Waals surface area contributed by atoms with Crippen LogP contribution < -0.4 is 10.1 Å². The quantitative estimate of drug-likeness (QED) is 0.296. The molecule has 0 aliphatic heterocycles. The lowest BCUT2D eigenvalue weighted by Gasteiger charge is -2.12. The van der Waals surface area contributed by atoms with Crippen molar-refractivity contribution in [2.45, 2.75) is 18.8 Å². The van der Waals surface area contributed by atoms with Crippen LogP contribution in [-0.2, 0) is 0 Å². The number of benzene rings is 1. The largest absolute Gasteiger partial charge is 0.321 e. The highest BCUT2D eigenvalue weighted by Gasteiger charge is 2.30. The fraction of sp³-hybridized carbons (Fsp3) is 0.130. The molecule has 4 heterocycles. The van der Waals surface area contributed by atoms with Gasteiger partial charge in [-0.2, -0.15) is 9.67 Å². The highest BCUT2D eigenvalue weighted by atomic mass is 79.9. The smallest absolute Gasteiger partial charge is 0.315 e. The summed E-state index contributed by atoms with van der Waals surface area (Å²) in [6.07, 6.45) is 7.43. The van der Waals surface area contributed by atoms with Gasteiger partial charge in [-0.05, 0) is 52.4 Å². The summed E-state index contributed by atoms with van der Waals surface area (Å²) in [4.78, 5) is 21.2. The Hall–Kier alpha value is -3.39. The molecule has 1 saturated carbocycles. The number of nitrogens with zero attached hydrogens (tertiary/aromatic N) is 3. The van der Waals surface area contributed by atoms with E-state index in [9.17, 15) is 9.18 Å². The van der Waals surface area contributed by atoms with Crippen LogP contribution in [0.15, 0.2) is 64.4 Å².